The number of carbonyl (C=O) groups is 4. The number of carbonyl (C=O) groups excluding carboxylic acids is 4. The van der Waals surface area contributed by atoms with Crippen LogP contribution in [0.5, 0.6) is 11.5 Å². The molecule has 2 N–H and O–H groups in total. The number of anilines is 1. The number of nitrogens with one attached hydrogen (secondary N) is 2. The van der Waals surface area contributed by atoms with Crippen LogP contribution in [0.4, 0.5) is 5.69 Å². The van der Waals surface area contributed by atoms with Crippen LogP contribution >= 0.6 is 0 Å². The number of hydrogen-bond acceptors (Lipinski definition) is 5. The second kappa shape index (κ2) is 14.6. The molecule has 0 aliphatic heterocycles. The number of ether oxygens (including phenoxy) is 1. The molecule has 0 fully saturated rings. The van der Waals surface area contributed by atoms with Crippen LogP contribution in [0.25, 0.3) is 11.1 Å². The van der Waals surface area contributed by atoms with Crippen molar-refractivity contribution in [3.63, 3.8) is 0 Å². The summed E-state index contributed by atoms with van der Waals surface area (Å²) in [7, 11) is 0. The first-order valence-electron chi connectivity index (χ1n) is 15.3. The van der Waals surface area contributed by atoms with E-state index in [1.807, 2.05) is 32.9 Å². The molecule has 232 valence electrons. The molecule has 0 saturated heterocycles. The maximum Gasteiger partial charge on any atom is 0.256 e. The van der Waals surface area contributed by atoms with Crippen molar-refractivity contribution in [2.45, 2.75) is 65.3 Å². The Kier molecular flexibility index (Phi) is 10.7. The second-order valence-corrected chi connectivity index (χ2v) is 11.5. The van der Waals surface area contributed by atoms with Crippen molar-refractivity contribution >= 4 is 30.1 Å². The van der Waals surface area contributed by atoms with Crippen LogP contribution in [0.15, 0.2) is 84.9 Å². The van der Waals surface area contributed by atoms with Crippen molar-refractivity contribution in [2.24, 2.45) is 0 Å². The number of hydrogen-bond donors (Lipinski definition) is 2. The molecule has 4 rings (SSSR count). The van der Waals surface area contributed by atoms with Gasteiger partial charge in [-0.25, -0.2) is 0 Å². The minimum absolute atomic E-state index is 0.195. The zero-order chi connectivity index (χ0) is 32.6. The highest BCUT2D eigenvalue weighted by molar-refractivity contribution is 6.09. The fraction of sp³-hybridized carbons (Fsp3) is 0.263. The van der Waals surface area contributed by atoms with E-state index in [0.717, 1.165) is 25.0 Å². The van der Waals surface area contributed by atoms with Gasteiger partial charge in [-0.05, 0) is 103 Å². The summed E-state index contributed by atoms with van der Waals surface area (Å²) in [6, 6.07) is 24.9. The van der Waals surface area contributed by atoms with Gasteiger partial charge in [0.2, 0.25) is 0 Å². The Morgan fingerprint density at radius 1 is 0.733 bits per heavy atom. The number of amides is 2. The maximum absolute atomic E-state index is 13.2. The number of benzene rings is 4. The van der Waals surface area contributed by atoms with E-state index in [-0.39, 0.29) is 28.2 Å². The maximum atomic E-state index is 13.2. The summed E-state index contributed by atoms with van der Waals surface area (Å²) in [4.78, 5) is 50.1. The molecule has 1 unspecified atom stereocenters. The topological polar surface area (TPSA) is 102 Å². The van der Waals surface area contributed by atoms with Gasteiger partial charge in [0.1, 0.15) is 11.5 Å². The minimum atomic E-state index is -0.437. The van der Waals surface area contributed by atoms with Crippen molar-refractivity contribution in [3.05, 3.63) is 113 Å². The first-order chi connectivity index (χ1) is 21.6. The molecule has 0 heterocycles. The van der Waals surface area contributed by atoms with Gasteiger partial charge < -0.3 is 15.4 Å². The second-order valence-electron chi connectivity index (χ2n) is 11.5. The smallest absolute Gasteiger partial charge is 0.256 e. The Labute approximate surface area is 265 Å². The summed E-state index contributed by atoms with van der Waals surface area (Å²) in [5.74, 6) is 1.07. The van der Waals surface area contributed by atoms with Gasteiger partial charge in [0.15, 0.2) is 12.6 Å². The van der Waals surface area contributed by atoms with Gasteiger partial charge in [-0.15, -0.1) is 0 Å². The van der Waals surface area contributed by atoms with Crippen LogP contribution in [0.1, 0.15) is 107 Å². The predicted molar refractivity (Wildman–Crippen MR) is 179 cm³/mol. The molecular formula is C38H40N2O5. The molecule has 0 aliphatic rings. The van der Waals surface area contributed by atoms with Gasteiger partial charge >= 0.3 is 0 Å². The predicted octanol–water partition coefficient (Wildman–Crippen LogP) is 8.85. The van der Waals surface area contributed by atoms with Gasteiger partial charge in [0.25, 0.3) is 11.8 Å². The highest BCUT2D eigenvalue weighted by atomic mass is 16.5. The van der Waals surface area contributed by atoms with Crippen molar-refractivity contribution in [3.8, 4) is 22.6 Å². The molecule has 0 bridgehead atoms. The lowest BCUT2D eigenvalue weighted by molar-refractivity contribution is 0.0896. The Bertz CT molecular complexity index is 1670. The Morgan fingerprint density at radius 3 is 1.89 bits per heavy atom. The molecule has 0 saturated carbocycles. The van der Waals surface area contributed by atoms with Gasteiger partial charge in [0.05, 0.1) is 11.1 Å². The molecule has 45 heavy (non-hydrogen) atoms. The summed E-state index contributed by atoms with van der Waals surface area (Å²) in [5, 5.41) is 5.88. The summed E-state index contributed by atoms with van der Waals surface area (Å²) in [5.41, 5.74) is 3.61. The molecule has 1 atom stereocenters. The van der Waals surface area contributed by atoms with Gasteiger partial charge in [-0.1, -0.05) is 58.0 Å². The zero-order valence-corrected chi connectivity index (χ0v) is 26.5. The van der Waals surface area contributed by atoms with E-state index >= 15 is 0 Å². The highest BCUT2D eigenvalue weighted by Crippen LogP contribution is 2.28. The van der Waals surface area contributed by atoms with E-state index in [1.54, 1.807) is 60.7 Å². The van der Waals surface area contributed by atoms with Crippen LogP contribution in [-0.4, -0.2) is 29.9 Å². The van der Waals surface area contributed by atoms with Crippen molar-refractivity contribution < 1.29 is 23.9 Å². The molecule has 0 radical (unpaired) electrons. The molecule has 4 aromatic rings. The van der Waals surface area contributed by atoms with E-state index in [0.29, 0.717) is 41.1 Å². The summed E-state index contributed by atoms with van der Waals surface area (Å²) >= 11 is 0. The Balaban J connectivity index is 1.49. The van der Waals surface area contributed by atoms with E-state index < -0.39 is 11.4 Å². The third-order valence-electron chi connectivity index (χ3n) is 8.57. The van der Waals surface area contributed by atoms with Crippen LogP contribution in [0.3, 0.4) is 0 Å². The monoisotopic (exact) mass is 604 g/mol. The van der Waals surface area contributed by atoms with Crippen LogP contribution in [-0.2, 0) is 0 Å². The molecule has 0 spiro atoms. The molecule has 0 aromatic heterocycles. The van der Waals surface area contributed by atoms with Crippen molar-refractivity contribution in [2.75, 3.05) is 5.32 Å². The third kappa shape index (κ3) is 7.92. The summed E-state index contributed by atoms with van der Waals surface area (Å²) in [6.07, 6.45) is 3.83. The van der Waals surface area contributed by atoms with E-state index in [2.05, 4.69) is 36.6 Å². The normalized spacial score (nSPS) is 11.8. The van der Waals surface area contributed by atoms with E-state index in [1.165, 1.54) is 5.56 Å². The first kappa shape index (κ1) is 32.9. The lowest BCUT2D eigenvalue weighted by Crippen LogP contribution is -2.45. The van der Waals surface area contributed by atoms with Crippen molar-refractivity contribution in [1.82, 2.24) is 5.32 Å². The standard InChI is InChI=1S/C38H40N2O5/c1-6-25(4)26-11-16-32(17-12-26)45-33-18-14-31(15-19-33)39-36(43)34-20-13-27(21-30(34)24-42)28-9-10-29(23-41)35(22-28)37(44)40-38(5,7-2)8-3/h9-25H,6-8H2,1-5H3,(H,39,43)(H,40,44). The fourth-order valence-electron chi connectivity index (χ4n) is 4.89. The highest BCUT2D eigenvalue weighted by Gasteiger charge is 2.24. The summed E-state index contributed by atoms with van der Waals surface area (Å²) < 4.78 is 5.95. The van der Waals surface area contributed by atoms with E-state index in [9.17, 15) is 19.2 Å². The number of rotatable bonds is 13. The quantitative estimate of drug-likeness (QED) is 0.148. The summed E-state index contributed by atoms with van der Waals surface area (Å²) in [6.45, 7) is 10.3. The molecule has 4 aromatic carbocycles. The molecule has 2 amide bonds. The Morgan fingerprint density at radius 2 is 1.31 bits per heavy atom. The SMILES string of the molecule is CCC(C)c1ccc(Oc2ccc(NC(=O)c3ccc(-c4ccc(C=O)c(C(=O)NC(C)(CC)CC)c4)cc3C=O)cc2)cc1. The third-order valence-corrected chi connectivity index (χ3v) is 8.57. The van der Waals surface area contributed by atoms with Crippen molar-refractivity contribution in [1.29, 1.82) is 0 Å². The molecule has 7 nitrogen and oxygen atoms in total. The lowest BCUT2D eigenvalue weighted by Gasteiger charge is -2.28. The van der Waals surface area contributed by atoms with Crippen LogP contribution < -0.4 is 15.4 Å². The van der Waals surface area contributed by atoms with Gasteiger partial charge in [0, 0.05) is 22.4 Å². The molecule has 0 aliphatic carbocycles. The lowest BCUT2D eigenvalue weighted by atomic mass is 9.93. The van der Waals surface area contributed by atoms with Crippen LogP contribution in [0, 0.1) is 0 Å². The van der Waals surface area contributed by atoms with E-state index in [4.69, 9.17) is 4.74 Å². The number of aldehydes is 2. The van der Waals surface area contributed by atoms with Crippen LogP contribution in [0.2, 0.25) is 0 Å². The first-order valence-corrected chi connectivity index (χ1v) is 15.3. The molecular weight excluding hydrogens is 564 g/mol. The largest absolute Gasteiger partial charge is 0.457 e. The van der Waals surface area contributed by atoms with Gasteiger partial charge in [-0.2, -0.15) is 0 Å². The average Bonchev–Trinajstić information content (AvgIpc) is 3.08. The van der Waals surface area contributed by atoms with Gasteiger partial charge in [-0.3, -0.25) is 19.2 Å². The average molecular weight is 605 g/mol. The minimum Gasteiger partial charge on any atom is -0.457 e. The fourth-order valence-corrected chi connectivity index (χ4v) is 4.89. The Hall–Kier alpha value is -5.04. The molecule has 7 heteroatoms. The zero-order valence-electron chi connectivity index (χ0n) is 26.5.